The van der Waals surface area contributed by atoms with Crippen LogP contribution in [0.5, 0.6) is 0 Å². The smallest absolute Gasteiger partial charge is 0.410 e. The van der Waals surface area contributed by atoms with E-state index in [0.717, 1.165) is 0 Å². The number of nitrogens with two attached hydrogens (primary N) is 1. The first-order chi connectivity index (χ1) is 11.5. The molecule has 140 valence electrons. The molecular formula is C18H26BrFN2O3. The van der Waals surface area contributed by atoms with Gasteiger partial charge in [-0.2, -0.15) is 0 Å². The van der Waals surface area contributed by atoms with Gasteiger partial charge in [0.1, 0.15) is 11.4 Å². The average molecular weight is 417 g/mol. The van der Waals surface area contributed by atoms with Gasteiger partial charge in [-0.15, -0.1) is 0 Å². The van der Waals surface area contributed by atoms with Crippen molar-refractivity contribution in [1.82, 2.24) is 4.90 Å². The fourth-order valence-electron chi connectivity index (χ4n) is 3.21. The van der Waals surface area contributed by atoms with Crippen molar-refractivity contribution in [3.8, 4) is 0 Å². The van der Waals surface area contributed by atoms with Gasteiger partial charge in [0, 0.05) is 6.54 Å². The number of carbonyl (C=O) groups is 1. The number of carbonyl (C=O) groups excluding carboxylic acids is 1. The number of hydrogen-bond donors (Lipinski definition) is 2. The van der Waals surface area contributed by atoms with E-state index in [1.807, 2.05) is 6.92 Å². The molecule has 0 radical (unpaired) electrons. The molecule has 1 fully saturated rings. The number of aliphatic hydroxyl groups excluding tert-OH is 1. The van der Waals surface area contributed by atoms with Gasteiger partial charge < -0.3 is 20.5 Å². The lowest BCUT2D eigenvalue weighted by Gasteiger charge is -2.36. The van der Waals surface area contributed by atoms with Gasteiger partial charge in [-0.25, -0.2) is 9.18 Å². The molecule has 2 rings (SSSR count). The monoisotopic (exact) mass is 416 g/mol. The Labute approximate surface area is 156 Å². The molecule has 7 heteroatoms. The lowest BCUT2D eigenvalue weighted by molar-refractivity contribution is 0.0178. The summed E-state index contributed by atoms with van der Waals surface area (Å²) in [7, 11) is 0. The Bertz CT molecular complexity index is 650. The van der Waals surface area contributed by atoms with Crippen LogP contribution >= 0.6 is 15.9 Å². The Morgan fingerprint density at radius 2 is 2.16 bits per heavy atom. The molecule has 1 aromatic rings. The summed E-state index contributed by atoms with van der Waals surface area (Å²) in [6.07, 6.45) is -0.299. The van der Waals surface area contributed by atoms with E-state index in [1.165, 1.54) is 4.90 Å². The largest absolute Gasteiger partial charge is 0.444 e. The Hall–Kier alpha value is -1.18. The maximum atomic E-state index is 14.4. The zero-order valence-corrected chi connectivity index (χ0v) is 16.6. The highest BCUT2D eigenvalue weighted by Crippen LogP contribution is 2.35. The third-order valence-corrected chi connectivity index (χ3v) is 5.34. The van der Waals surface area contributed by atoms with Crippen LogP contribution < -0.4 is 5.73 Å². The maximum Gasteiger partial charge on any atom is 0.410 e. The van der Waals surface area contributed by atoms with Crippen molar-refractivity contribution in [1.29, 1.82) is 0 Å². The minimum Gasteiger partial charge on any atom is -0.444 e. The normalized spacial score (nSPS) is 26.8. The fourth-order valence-corrected chi connectivity index (χ4v) is 3.62. The summed E-state index contributed by atoms with van der Waals surface area (Å²) < 4.78 is 20.3. The van der Waals surface area contributed by atoms with E-state index in [0.29, 0.717) is 16.6 Å². The summed E-state index contributed by atoms with van der Waals surface area (Å²) in [6, 6.07) is 4.44. The molecule has 0 aliphatic carbocycles. The molecule has 0 spiro atoms. The van der Waals surface area contributed by atoms with Gasteiger partial charge in [-0.05, 0) is 60.7 Å². The molecule has 1 heterocycles. The van der Waals surface area contributed by atoms with Gasteiger partial charge in [0.25, 0.3) is 0 Å². The summed E-state index contributed by atoms with van der Waals surface area (Å²) in [6.45, 7) is 7.30. The van der Waals surface area contributed by atoms with Gasteiger partial charge in [0.15, 0.2) is 0 Å². The predicted octanol–water partition coefficient (Wildman–Crippen LogP) is 3.08. The first-order valence-corrected chi connectivity index (χ1v) is 9.11. The molecule has 5 nitrogen and oxygen atoms in total. The molecule has 1 unspecified atom stereocenters. The number of hydrogen-bond acceptors (Lipinski definition) is 4. The molecule has 0 aromatic heterocycles. The molecule has 1 saturated heterocycles. The number of aliphatic hydroxyl groups is 1. The molecule has 1 aliphatic rings. The molecule has 3 atom stereocenters. The summed E-state index contributed by atoms with van der Waals surface area (Å²) in [5, 5.41) is 9.89. The average Bonchev–Trinajstić information content (AvgIpc) is 2.75. The second-order valence-electron chi connectivity index (χ2n) is 7.74. The highest BCUT2D eigenvalue weighted by molar-refractivity contribution is 9.10. The van der Waals surface area contributed by atoms with E-state index in [1.54, 1.807) is 39.0 Å². The zero-order chi connectivity index (χ0) is 19.0. The van der Waals surface area contributed by atoms with E-state index in [4.69, 9.17) is 10.5 Å². The lowest BCUT2D eigenvalue weighted by Crippen LogP contribution is -2.59. The molecule has 1 aromatic carbocycles. The SMILES string of the molecule is CC1CN(C(=O)OC(C)(C)C)[C@@H](Cc2cccc(Br)c2F)[C@]1(N)CO. The topological polar surface area (TPSA) is 75.8 Å². The summed E-state index contributed by atoms with van der Waals surface area (Å²) in [5.74, 6) is -0.531. The second kappa shape index (κ2) is 7.21. The maximum absolute atomic E-state index is 14.4. The molecule has 0 bridgehead atoms. The van der Waals surface area contributed by atoms with Crippen molar-refractivity contribution >= 4 is 22.0 Å². The number of halogens is 2. The van der Waals surface area contributed by atoms with Gasteiger partial charge in [-0.3, -0.25) is 0 Å². The number of likely N-dealkylation sites (tertiary alicyclic amines) is 1. The van der Waals surface area contributed by atoms with Crippen molar-refractivity contribution in [2.24, 2.45) is 11.7 Å². The van der Waals surface area contributed by atoms with Crippen LogP contribution in [0.1, 0.15) is 33.3 Å². The molecule has 3 N–H and O–H groups in total. The quantitative estimate of drug-likeness (QED) is 0.793. The summed E-state index contributed by atoms with van der Waals surface area (Å²) in [4.78, 5) is 14.1. The summed E-state index contributed by atoms with van der Waals surface area (Å²) >= 11 is 3.18. The Kier molecular flexibility index (Phi) is 5.81. The standard InChI is InChI=1S/C18H26BrFN2O3/c1-11-9-22(16(24)25-17(2,3)4)14(18(11,21)10-23)8-12-6-5-7-13(19)15(12)20/h5-7,11,14,23H,8-10,21H2,1-4H3/t11?,14-,18-/m0/s1. The third-order valence-electron chi connectivity index (χ3n) is 4.73. The van der Waals surface area contributed by atoms with Gasteiger partial charge in [0.2, 0.25) is 0 Å². The minimum atomic E-state index is -1.02. The van der Waals surface area contributed by atoms with E-state index >= 15 is 0 Å². The highest BCUT2D eigenvalue weighted by atomic mass is 79.9. The van der Waals surface area contributed by atoms with Crippen molar-refractivity contribution in [2.75, 3.05) is 13.2 Å². The van der Waals surface area contributed by atoms with E-state index < -0.39 is 23.3 Å². The summed E-state index contributed by atoms with van der Waals surface area (Å²) in [5.41, 5.74) is 5.21. The Balaban J connectivity index is 2.36. The first kappa shape index (κ1) is 20.1. The van der Waals surface area contributed by atoms with Crippen LogP contribution in [0, 0.1) is 11.7 Å². The van der Waals surface area contributed by atoms with Crippen LogP contribution in [0.15, 0.2) is 22.7 Å². The predicted molar refractivity (Wildman–Crippen MR) is 97.7 cm³/mol. The Morgan fingerprint density at radius 3 is 2.72 bits per heavy atom. The number of nitrogens with zero attached hydrogens (tertiary/aromatic N) is 1. The second-order valence-corrected chi connectivity index (χ2v) is 8.59. The molecular weight excluding hydrogens is 391 g/mol. The van der Waals surface area contributed by atoms with Gasteiger partial charge in [-0.1, -0.05) is 19.1 Å². The van der Waals surface area contributed by atoms with E-state index in [2.05, 4.69) is 15.9 Å². The van der Waals surface area contributed by atoms with Gasteiger partial charge in [0.05, 0.1) is 22.7 Å². The highest BCUT2D eigenvalue weighted by Gasteiger charge is 2.52. The lowest BCUT2D eigenvalue weighted by atomic mass is 9.81. The van der Waals surface area contributed by atoms with Crippen LogP contribution in [-0.2, 0) is 11.2 Å². The minimum absolute atomic E-state index is 0.148. The molecule has 25 heavy (non-hydrogen) atoms. The van der Waals surface area contributed by atoms with Crippen LogP contribution in [-0.4, -0.2) is 46.4 Å². The van der Waals surface area contributed by atoms with Crippen LogP contribution in [0.4, 0.5) is 9.18 Å². The van der Waals surface area contributed by atoms with E-state index in [9.17, 15) is 14.3 Å². The van der Waals surface area contributed by atoms with Crippen LogP contribution in [0.25, 0.3) is 0 Å². The van der Waals surface area contributed by atoms with Crippen LogP contribution in [0.2, 0.25) is 0 Å². The van der Waals surface area contributed by atoms with Crippen molar-refractivity contribution in [2.45, 2.75) is 51.3 Å². The van der Waals surface area contributed by atoms with Gasteiger partial charge >= 0.3 is 6.09 Å². The zero-order valence-electron chi connectivity index (χ0n) is 15.1. The van der Waals surface area contributed by atoms with Crippen molar-refractivity contribution in [3.63, 3.8) is 0 Å². The van der Waals surface area contributed by atoms with E-state index in [-0.39, 0.29) is 24.8 Å². The molecule has 0 saturated carbocycles. The molecule has 1 aliphatic heterocycles. The van der Waals surface area contributed by atoms with Crippen molar-refractivity contribution < 1.29 is 19.0 Å². The molecule has 1 amide bonds. The Morgan fingerprint density at radius 1 is 1.52 bits per heavy atom. The number of amides is 1. The fraction of sp³-hybridized carbons (Fsp3) is 0.611. The van der Waals surface area contributed by atoms with Crippen molar-refractivity contribution in [3.05, 3.63) is 34.1 Å². The first-order valence-electron chi connectivity index (χ1n) is 8.32. The number of ether oxygens (including phenoxy) is 1. The van der Waals surface area contributed by atoms with Crippen LogP contribution in [0.3, 0.4) is 0 Å². The number of rotatable bonds is 3. The third kappa shape index (κ3) is 4.15. The number of benzene rings is 1.